The van der Waals surface area contributed by atoms with Crippen LogP contribution >= 0.6 is 0 Å². The predicted octanol–water partition coefficient (Wildman–Crippen LogP) is 4.14. The number of hydrogen-bond donors (Lipinski definition) is 0. The number of aliphatic carboxylic acids is 1. The zero-order chi connectivity index (χ0) is 24.3. The summed E-state index contributed by atoms with van der Waals surface area (Å²) in [6.07, 6.45) is -11.4. The summed E-state index contributed by atoms with van der Waals surface area (Å²) in [4.78, 5) is 9.79. The number of hydrogen-bond acceptors (Lipinski definition) is 2. The van der Waals surface area contributed by atoms with Crippen LogP contribution in [0.4, 0.5) is 74.6 Å². The van der Waals surface area contributed by atoms with E-state index in [4.69, 9.17) is 0 Å². The molecule has 29 heavy (non-hydrogen) atoms. The Morgan fingerprint density at radius 3 is 0.966 bits per heavy atom. The smallest absolute Gasteiger partial charge is 0.460 e. The molecule has 0 heterocycles. The van der Waals surface area contributed by atoms with Crippen LogP contribution in [-0.4, -0.2) is 53.6 Å². The first-order valence-electron chi connectivity index (χ1n) is 6.08. The fourth-order valence-electron chi connectivity index (χ4n) is 1.49. The minimum Gasteiger partial charge on any atom is -0.550 e. The summed E-state index contributed by atoms with van der Waals surface area (Å²) in [7, 11) is 0. The van der Waals surface area contributed by atoms with E-state index in [0.717, 1.165) is 0 Å². The predicted molar refractivity (Wildman–Crippen MR) is 50.3 cm³/mol. The molecular weight excluding hydrogens is 475 g/mol. The summed E-state index contributed by atoms with van der Waals surface area (Å²) in [5, 5.41) is 9.79. The van der Waals surface area contributed by atoms with E-state index in [1.807, 2.05) is 0 Å². The SMILES string of the molecule is O=C([O-])CC(F)(F)C(F)(F)C(F)(F)C(F)(F)C(F)(F)C(F)(F)C(F)(F)C(F)(F)F. The zero-order valence-electron chi connectivity index (χ0n) is 12.4. The average Bonchev–Trinajstić information content (AvgIpc) is 2.43. The lowest BCUT2D eigenvalue weighted by Gasteiger charge is -2.42. The van der Waals surface area contributed by atoms with Gasteiger partial charge >= 0.3 is 47.6 Å². The van der Waals surface area contributed by atoms with E-state index in [-0.39, 0.29) is 0 Å². The molecule has 0 aliphatic rings. The maximum atomic E-state index is 13.1. The standard InChI is InChI=1S/C10H3F17O2/c11-3(12,1-2(28)29)4(13,14)5(15,16)6(17,18)7(19,20)8(21,22)9(23,24)10(25,26)27/h1H2,(H,28,29)/p-1. The van der Waals surface area contributed by atoms with Crippen molar-refractivity contribution in [2.24, 2.45) is 0 Å². The first-order valence-corrected chi connectivity index (χ1v) is 6.08. The number of carboxylic acids is 1. The topological polar surface area (TPSA) is 40.1 Å². The van der Waals surface area contributed by atoms with Gasteiger partial charge in [0, 0.05) is 5.97 Å². The van der Waals surface area contributed by atoms with Gasteiger partial charge in [-0.25, -0.2) is 0 Å². The molecule has 0 atom stereocenters. The van der Waals surface area contributed by atoms with Gasteiger partial charge in [-0.2, -0.15) is 74.6 Å². The van der Waals surface area contributed by atoms with Gasteiger partial charge in [0.25, 0.3) is 0 Å². The van der Waals surface area contributed by atoms with Gasteiger partial charge in [-0.05, 0) is 0 Å². The van der Waals surface area contributed by atoms with Crippen LogP contribution in [0.5, 0.6) is 0 Å². The molecule has 0 saturated heterocycles. The summed E-state index contributed by atoms with van der Waals surface area (Å²) < 4.78 is 216. The molecular formula is C10H2F17O2-. The van der Waals surface area contributed by atoms with Gasteiger partial charge in [-0.3, -0.25) is 0 Å². The number of alkyl halides is 17. The van der Waals surface area contributed by atoms with Crippen LogP contribution in [0.3, 0.4) is 0 Å². The minimum absolute atomic E-state index is 3.38. The molecule has 19 heteroatoms. The highest BCUT2D eigenvalue weighted by molar-refractivity contribution is 5.65. The van der Waals surface area contributed by atoms with Crippen molar-refractivity contribution in [3.8, 4) is 0 Å². The Labute approximate surface area is 146 Å². The lowest BCUT2D eigenvalue weighted by Crippen LogP contribution is -2.74. The molecule has 0 aromatic heterocycles. The fourth-order valence-corrected chi connectivity index (χ4v) is 1.49. The molecule has 0 aliphatic carbocycles. The molecule has 0 aromatic rings. The highest BCUT2D eigenvalue weighted by atomic mass is 19.4. The minimum atomic E-state index is -8.73. The molecule has 0 radical (unpaired) electrons. The van der Waals surface area contributed by atoms with Crippen molar-refractivity contribution in [2.45, 2.75) is 54.1 Å². The van der Waals surface area contributed by atoms with E-state index < -0.39 is 60.0 Å². The first kappa shape index (κ1) is 27.3. The van der Waals surface area contributed by atoms with E-state index in [1.54, 1.807) is 0 Å². The molecule has 0 saturated carbocycles. The van der Waals surface area contributed by atoms with Gasteiger partial charge in [0.2, 0.25) is 0 Å². The molecule has 0 aromatic carbocycles. The van der Waals surface area contributed by atoms with Crippen molar-refractivity contribution >= 4 is 5.97 Å². The third kappa shape index (κ3) is 3.53. The van der Waals surface area contributed by atoms with Crippen LogP contribution in [-0.2, 0) is 4.79 Å². The lowest BCUT2D eigenvalue weighted by molar-refractivity contribution is -0.462. The van der Waals surface area contributed by atoms with Gasteiger partial charge in [-0.1, -0.05) is 0 Å². The molecule has 0 amide bonds. The first-order chi connectivity index (χ1) is 12.2. The molecule has 0 spiro atoms. The molecule has 0 unspecified atom stereocenters. The van der Waals surface area contributed by atoms with E-state index in [9.17, 15) is 84.5 Å². The van der Waals surface area contributed by atoms with E-state index in [1.165, 1.54) is 0 Å². The Balaban J connectivity index is 6.69. The van der Waals surface area contributed by atoms with Crippen molar-refractivity contribution < 1.29 is 84.5 Å². The Hall–Kier alpha value is -1.72. The Kier molecular flexibility index (Phi) is 6.25. The van der Waals surface area contributed by atoms with Crippen molar-refractivity contribution in [3.63, 3.8) is 0 Å². The molecule has 0 aliphatic heterocycles. The van der Waals surface area contributed by atoms with E-state index in [0.29, 0.717) is 0 Å². The third-order valence-corrected chi connectivity index (χ3v) is 3.15. The lowest BCUT2D eigenvalue weighted by atomic mass is 9.88. The molecule has 0 N–H and O–H groups in total. The number of rotatable bonds is 8. The number of halogens is 17. The molecule has 174 valence electrons. The van der Waals surface area contributed by atoms with Crippen LogP contribution in [0, 0.1) is 0 Å². The van der Waals surface area contributed by atoms with Crippen LogP contribution in [0.2, 0.25) is 0 Å². The monoisotopic (exact) mass is 477 g/mol. The quantitative estimate of drug-likeness (QED) is 0.494. The Bertz CT molecular complexity index is 631. The maximum absolute atomic E-state index is 13.1. The van der Waals surface area contributed by atoms with Gasteiger partial charge in [-0.15, -0.1) is 0 Å². The second-order valence-corrected chi connectivity index (χ2v) is 5.20. The average molecular weight is 477 g/mol. The largest absolute Gasteiger partial charge is 0.550 e. The Morgan fingerprint density at radius 2 is 0.724 bits per heavy atom. The van der Waals surface area contributed by atoms with Crippen LogP contribution in [0.25, 0.3) is 0 Å². The second-order valence-electron chi connectivity index (χ2n) is 5.20. The molecule has 0 fully saturated rings. The summed E-state index contributed by atoms with van der Waals surface area (Å²) in [6, 6.07) is 0. The number of carbonyl (C=O) groups is 1. The number of carboxylic acid groups (broad SMARTS) is 1. The molecule has 0 bridgehead atoms. The van der Waals surface area contributed by atoms with Gasteiger partial charge in [0.05, 0.1) is 6.42 Å². The van der Waals surface area contributed by atoms with Crippen molar-refractivity contribution in [1.82, 2.24) is 0 Å². The van der Waals surface area contributed by atoms with Crippen LogP contribution in [0.15, 0.2) is 0 Å². The number of carbonyl (C=O) groups excluding carboxylic acids is 1. The van der Waals surface area contributed by atoms with E-state index in [2.05, 4.69) is 0 Å². The summed E-state index contributed by atoms with van der Waals surface area (Å²) in [6.45, 7) is 0. The normalized spacial score (nSPS) is 16.2. The van der Waals surface area contributed by atoms with E-state index >= 15 is 0 Å². The third-order valence-electron chi connectivity index (χ3n) is 3.15. The van der Waals surface area contributed by atoms with Crippen LogP contribution < -0.4 is 5.11 Å². The highest BCUT2D eigenvalue weighted by Gasteiger charge is 2.95. The highest BCUT2D eigenvalue weighted by Crippen LogP contribution is 2.64. The van der Waals surface area contributed by atoms with Gasteiger partial charge in [0.1, 0.15) is 0 Å². The summed E-state index contributed by atoms with van der Waals surface area (Å²) in [5.74, 6) is -61.1. The van der Waals surface area contributed by atoms with Crippen molar-refractivity contribution in [2.75, 3.05) is 0 Å². The summed E-state index contributed by atoms with van der Waals surface area (Å²) in [5.41, 5.74) is 0. The molecule has 2 nitrogen and oxygen atoms in total. The van der Waals surface area contributed by atoms with Gasteiger partial charge in [0.15, 0.2) is 0 Å². The molecule has 0 rings (SSSR count). The second kappa shape index (κ2) is 6.64. The summed E-state index contributed by atoms with van der Waals surface area (Å²) >= 11 is 0. The zero-order valence-corrected chi connectivity index (χ0v) is 12.4. The van der Waals surface area contributed by atoms with Gasteiger partial charge < -0.3 is 9.90 Å². The van der Waals surface area contributed by atoms with Crippen molar-refractivity contribution in [1.29, 1.82) is 0 Å². The maximum Gasteiger partial charge on any atom is 0.460 e. The Morgan fingerprint density at radius 1 is 0.483 bits per heavy atom. The fraction of sp³-hybridized carbons (Fsp3) is 0.900. The van der Waals surface area contributed by atoms with Crippen molar-refractivity contribution in [3.05, 3.63) is 0 Å². The van der Waals surface area contributed by atoms with Crippen LogP contribution in [0.1, 0.15) is 6.42 Å².